The Hall–Kier alpha value is -1.27. The molecule has 5 nitrogen and oxygen atoms in total. The number of hydrogen-bond donors (Lipinski definition) is 0. The van der Waals surface area contributed by atoms with Gasteiger partial charge >= 0.3 is 5.97 Å². The first-order valence-corrected chi connectivity index (χ1v) is 7.53. The summed E-state index contributed by atoms with van der Waals surface area (Å²) in [5, 5.41) is 0.476. The average Bonchev–Trinajstić information content (AvgIpc) is 2.75. The normalized spacial score (nSPS) is 13.8. The minimum Gasteiger partial charge on any atom is -0.465 e. The fraction of sp³-hybridized carbons (Fsp3) is 0.385. The van der Waals surface area contributed by atoms with E-state index in [1.54, 1.807) is 6.92 Å². The lowest BCUT2D eigenvalue weighted by molar-refractivity contribution is -0.141. The number of carbonyl (C=O) groups excluding carboxylic acids is 1. The Labute approximate surface area is 129 Å². The Morgan fingerprint density at radius 3 is 3.05 bits per heavy atom. The fourth-order valence-corrected chi connectivity index (χ4v) is 3.15. The molecule has 1 aliphatic rings. The first kappa shape index (κ1) is 13.7. The van der Waals surface area contributed by atoms with Crippen molar-refractivity contribution in [2.75, 3.05) is 24.6 Å². The van der Waals surface area contributed by atoms with Gasteiger partial charge in [-0.2, -0.15) is 0 Å². The molecule has 3 rings (SSSR count). The second kappa shape index (κ2) is 5.26. The molecule has 2 aromatic rings. The van der Waals surface area contributed by atoms with Crippen LogP contribution in [0.5, 0.6) is 0 Å². The Morgan fingerprint density at radius 2 is 2.30 bits per heavy atom. The van der Waals surface area contributed by atoms with Crippen molar-refractivity contribution in [1.29, 1.82) is 0 Å². The minimum absolute atomic E-state index is 0.220. The fourth-order valence-electron chi connectivity index (χ4n) is 2.49. The summed E-state index contributed by atoms with van der Waals surface area (Å²) in [7, 11) is 0. The number of imidazole rings is 1. The lowest BCUT2D eigenvalue weighted by Gasteiger charge is -2.29. The highest BCUT2D eigenvalue weighted by Crippen LogP contribution is 2.36. The maximum absolute atomic E-state index is 11.7. The van der Waals surface area contributed by atoms with E-state index < -0.39 is 0 Å². The van der Waals surface area contributed by atoms with Crippen LogP contribution in [0.4, 0.5) is 5.69 Å². The smallest absolute Gasteiger partial charge is 0.325 e. The SMILES string of the molecule is CCOC(=O)CN1CCn2c(Cl)nc3c(Br)ccc1c32. The van der Waals surface area contributed by atoms with Crippen LogP contribution in [0, 0.1) is 0 Å². The number of ether oxygens (including phenoxy) is 1. The van der Waals surface area contributed by atoms with Gasteiger partial charge in [-0.1, -0.05) is 0 Å². The first-order chi connectivity index (χ1) is 9.61. The molecular formula is C13H13BrClN3O2. The monoisotopic (exact) mass is 357 g/mol. The van der Waals surface area contributed by atoms with E-state index >= 15 is 0 Å². The van der Waals surface area contributed by atoms with E-state index in [0.717, 1.165) is 21.2 Å². The van der Waals surface area contributed by atoms with Crippen LogP contribution in [0.25, 0.3) is 11.0 Å². The summed E-state index contributed by atoms with van der Waals surface area (Å²) in [4.78, 5) is 18.1. The number of nitrogens with zero attached hydrogens (tertiary/aromatic N) is 3. The maximum atomic E-state index is 11.7. The predicted molar refractivity (Wildman–Crippen MR) is 81.3 cm³/mol. The number of carbonyl (C=O) groups is 1. The molecule has 20 heavy (non-hydrogen) atoms. The third-order valence-corrected chi connectivity index (χ3v) is 4.27. The second-order valence-corrected chi connectivity index (χ2v) is 5.72. The van der Waals surface area contributed by atoms with Crippen LogP contribution in [0.1, 0.15) is 6.92 Å². The van der Waals surface area contributed by atoms with Crippen LogP contribution in [-0.4, -0.2) is 35.2 Å². The largest absolute Gasteiger partial charge is 0.465 e. The molecular weight excluding hydrogens is 346 g/mol. The summed E-state index contributed by atoms with van der Waals surface area (Å²) >= 11 is 9.65. The van der Waals surface area contributed by atoms with Gasteiger partial charge in [0.05, 0.1) is 17.8 Å². The van der Waals surface area contributed by atoms with Gasteiger partial charge in [0, 0.05) is 17.6 Å². The number of rotatable bonds is 3. The van der Waals surface area contributed by atoms with Gasteiger partial charge in [-0.05, 0) is 46.6 Å². The molecule has 0 aliphatic carbocycles. The van der Waals surface area contributed by atoms with Gasteiger partial charge in [0.15, 0.2) is 0 Å². The summed E-state index contributed by atoms with van der Waals surface area (Å²) in [6.07, 6.45) is 0. The highest BCUT2D eigenvalue weighted by atomic mass is 79.9. The molecule has 0 atom stereocenters. The molecule has 7 heteroatoms. The Bertz CT molecular complexity index is 686. The van der Waals surface area contributed by atoms with Crippen molar-refractivity contribution in [3.8, 4) is 0 Å². The number of aromatic nitrogens is 2. The van der Waals surface area contributed by atoms with Crippen LogP contribution in [-0.2, 0) is 16.1 Å². The molecule has 1 aliphatic heterocycles. The third kappa shape index (κ3) is 2.16. The van der Waals surface area contributed by atoms with Gasteiger partial charge in [0.2, 0.25) is 5.28 Å². The van der Waals surface area contributed by atoms with Crippen molar-refractivity contribution in [2.24, 2.45) is 0 Å². The molecule has 1 aromatic carbocycles. The summed E-state index contributed by atoms with van der Waals surface area (Å²) in [5.74, 6) is -0.220. The number of anilines is 1. The molecule has 0 fully saturated rings. The minimum atomic E-state index is -0.220. The first-order valence-electron chi connectivity index (χ1n) is 6.36. The van der Waals surface area contributed by atoms with Crippen molar-refractivity contribution in [3.63, 3.8) is 0 Å². The summed E-state index contributed by atoms with van der Waals surface area (Å²) in [5.41, 5.74) is 2.74. The van der Waals surface area contributed by atoms with Gasteiger partial charge in [0.25, 0.3) is 0 Å². The van der Waals surface area contributed by atoms with Gasteiger partial charge in [-0.3, -0.25) is 4.79 Å². The van der Waals surface area contributed by atoms with Gasteiger partial charge in [-0.25, -0.2) is 4.98 Å². The van der Waals surface area contributed by atoms with E-state index in [1.165, 1.54) is 0 Å². The maximum Gasteiger partial charge on any atom is 0.325 e. The lowest BCUT2D eigenvalue weighted by atomic mass is 10.2. The van der Waals surface area contributed by atoms with Gasteiger partial charge in [-0.15, -0.1) is 0 Å². The molecule has 106 valence electrons. The zero-order valence-electron chi connectivity index (χ0n) is 10.9. The van der Waals surface area contributed by atoms with Crippen molar-refractivity contribution in [1.82, 2.24) is 9.55 Å². The molecule has 0 saturated heterocycles. The lowest BCUT2D eigenvalue weighted by Crippen LogP contribution is -2.36. The van der Waals surface area contributed by atoms with E-state index in [-0.39, 0.29) is 12.5 Å². The zero-order chi connectivity index (χ0) is 14.3. The Balaban J connectivity index is 2.04. The van der Waals surface area contributed by atoms with Crippen LogP contribution >= 0.6 is 27.5 Å². The average molecular weight is 359 g/mol. The molecule has 0 amide bonds. The number of halogens is 2. The molecule has 2 heterocycles. The van der Waals surface area contributed by atoms with Gasteiger partial charge < -0.3 is 14.2 Å². The zero-order valence-corrected chi connectivity index (χ0v) is 13.2. The highest BCUT2D eigenvalue weighted by molar-refractivity contribution is 9.10. The standard InChI is InChI=1S/C13H13BrClN3O2/c1-2-20-10(19)7-17-5-6-18-12-9(17)4-3-8(14)11(12)16-13(18)15/h3-4H,2,5-7H2,1H3. The van der Waals surface area contributed by atoms with Crippen LogP contribution in [0.15, 0.2) is 16.6 Å². The van der Waals surface area contributed by atoms with E-state index in [9.17, 15) is 4.79 Å². The molecule has 0 spiro atoms. The molecule has 0 saturated carbocycles. The van der Waals surface area contributed by atoms with Crippen LogP contribution in [0.2, 0.25) is 5.28 Å². The summed E-state index contributed by atoms with van der Waals surface area (Å²) in [6.45, 7) is 3.86. The van der Waals surface area contributed by atoms with Crippen molar-refractivity contribution >= 4 is 50.2 Å². The second-order valence-electron chi connectivity index (χ2n) is 4.52. The van der Waals surface area contributed by atoms with Crippen molar-refractivity contribution in [3.05, 3.63) is 21.9 Å². The van der Waals surface area contributed by atoms with E-state index in [2.05, 4.69) is 20.9 Å². The van der Waals surface area contributed by atoms with Crippen molar-refractivity contribution in [2.45, 2.75) is 13.5 Å². The molecule has 0 unspecified atom stereocenters. The number of benzene rings is 1. The van der Waals surface area contributed by atoms with E-state index in [1.807, 2.05) is 21.6 Å². The highest BCUT2D eigenvalue weighted by Gasteiger charge is 2.25. The molecule has 0 bridgehead atoms. The van der Waals surface area contributed by atoms with E-state index in [0.29, 0.717) is 25.0 Å². The summed E-state index contributed by atoms with van der Waals surface area (Å²) < 4.78 is 7.89. The predicted octanol–water partition coefficient (Wildman–Crippen LogP) is 2.84. The summed E-state index contributed by atoms with van der Waals surface area (Å²) in [6, 6.07) is 3.90. The number of esters is 1. The number of hydrogen-bond acceptors (Lipinski definition) is 4. The quantitative estimate of drug-likeness (QED) is 0.792. The Morgan fingerprint density at radius 1 is 1.50 bits per heavy atom. The van der Waals surface area contributed by atoms with Crippen molar-refractivity contribution < 1.29 is 9.53 Å². The van der Waals surface area contributed by atoms with E-state index in [4.69, 9.17) is 16.3 Å². The Kier molecular flexibility index (Phi) is 3.60. The van der Waals surface area contributed by atoms with Crippen LogP contribution in [0.3, 0.4) is 0 Å². The molecule has 1 aromatic heterocycles. The molecule has 0 radical (unpaired) electrons. The topological polar surface area (TPSA) is 47.4 Å². The molecule has 0 N–H and O–H groups in total. The third-order valence-electron chi connectivity index (χ3n) is 3.34. The van der Waals surface area contributed by atoms with Crippen LogP contribution < -0.4 is 4.90 Å². The van der Waals surface area contributed by atoms with Gasteiger partial charge in [0.1, 0.15) is 12.1 Å².